The minimum Gasteiger partial charge on any atom is -0.330 e. The maximum Gasteiger partial charge on any atom is 0.197 e. The van der Waals surface area contributed by atoms with Gasteiger partial charge in [0.1, 0.15) is 0 Å². The highest BCUT2D eigenvalue weighted by atomic mass is 32.1. The normalized spacial score (nSPS) is 10.3. The molecule has 0 aliphatic carbocycles. The Morgan fingerprint density at radius 3 is 2.60 bits per heavy atom. The molecule has 0 bridgehead atoms. The molecule has 0 saturated heterocycles. The molecule has 0 aliphatic rings. The monoisotopic (exact) mass is 216 g/mol. The number of H-pyrrole nitrogens is 1. The van der Waals surface area contributed by atoms with Crippen molar-refractivity contribution in [3.63, 3.8) is 0 Å². The molecule has 1 aromatic heterocycles. The summed E-state index contributed by atoms with van der Waals surface area (Å²) < 4.78 is 0.527. The highest BCUT2D eigenvalue weighted by molar-refractivity contribution is 7.71. The maximum atomic E-state index is 5.04. The van der Waals surface area contributed by atoms with Crippen molar-refractivity contribution in [1.82, 2.24) is 9.97 Å². The van der Waals surface area contributed by atoms with Crippen LogP contribution in [0.15, 0.2) is 30.5 Å². The SMILES string of the molecule is Cc1ccccc1-c1[nH]c(=S)ncc1C. The van der Waals surface area contributed by atoms with Gasteiger partial charge in [-0.15, -0.1) is 0 Å². The number of hydrogen-bond donors (Lipinski definition) is 1. The number of benzene rings is 1. The first-order chi connectivity index (χ1) is 7.18. The lowest BCUT2D eigenvalue weighted by Gasteiger charge is -2.08. The lowest BCUT2D eigenvalue weighted by atomic mass is 10.0. The van der Waals surface area contributed by atoms with Gasteiger partial charge in [0, 0.05) is 11.8 Å². The predicted molar refractivity (Wildman–Crippen MR) is 64.3 cm³/mol. The summed E-state index contributed by atoms with van der Waals surface area (Å²) in [4.78, 5) is 7.19. The van der Waals surface area contributed by atoms with Gasteiger partial charge in [0.15, 0.2) is 4.77 Å². The third kappa shape index (κ3) is 1.97. The van der Waals surface area contributed by atoms with E-state index in [1.807, 2.05) is 19.1 Å². The van der Waals surface area contributed by atoms with Crippen molar-refractivity contribution < 1.29 is 0 Å². The second-order valence-corrected chi connectivity index (χ2v) is 3.95. The van der Waals surface area contributed by atoms with Crippen LogP contribution in [0.3, 0.4) is 0 Å². The summed E-state index contributed by atoms with van der Waals surface area (Å²) >= 11 is 5.04. The second kappa shape index (κ2) is 3.95. The molecule has 1 aromatic carbocycles. The van der Waals surface area contributed by atoms with Crippen molar-refractivity contribution in [2.45, 2.75) is 13.8 Å². The Labute approximate surface area is 94.0 Å². The molecule has 3 heteroatoms. The van der Waals surface area contributed by atoms with Crippen LogP contribution in [0.25, 0.3) is 11.3 Å². The smallest absolute Gasteiger partial charge is 0.197 e. The predicted octanol–water partition coefficient (Wildman–Crippen LogP) is 3.42. The first-order valence-corrected chi connectivity index (χ1v) is 5.21. The first kappa shape index (κ1) is 10.1. The van der Waals surface area contributed by atoms with Crippen molar-refractivity contribution >= 4 is 12.2 Å². The van der Waals surface area contributed by atoms with Gasteiger partial charge in [-0.05, 0) is 37.2 Å². The highest BCUT2D eigenvalue weighted by Gasteiger charge is 2.04. The Morgan fingerprint density at radius 1 is 1.13 bits per heavy atom. The van der Waals surface area contributed by atoms with Gasteiger partial charge in [-0.2, -0.15) is 0 Å². The fraction of sp³-hybridized carbons (Fsp3) is 0.167. The van der Waals surface area contributed by atoms with Gasteiger partial charge in [0.25, 0.3) is 0 Å². The lowest BCUT2D eigenvalue weighted by molar-refractivity contribution is 1.10. The van der Waals surface area contributed by atoms with Gasteiger partial charge in [-0.3, -0.25) is 0 Å². The van der Waals surface area contributed by atoms with E-state index in [2.05, 4.69) is 29.0 Å². The van der Waals surface area contributed by atoms with Gasteiger partial charge in [0.2, 0.25) is 0 Å². The van der Waals surface area contributed by atoms with Crippen molar-refractivity contribution in [3.05, 3.63) is 46.4 Å². The van der Waals surface area contributed by atoms with Gasteiger partial charge in [0.05, 0.1) is 5.69 Å². The molecule has 1 N–H and O–H groups in total. The van der Waals surface area contributed by atoms with E-state index < -0.39 is 0 Å². The first-order valence-electron chi connectivity index (χ1n) is 4.80. The van der Waals surface area contributed by atoms with E-state index in [4.69, 9.17) is 12.2 Å². The maximum absolute atomic E-state index is 5.04. The molecule has 2 rings (SSSR count). The molecule has 0 unspecified atom stereocenters. The molecule has 2 nitrogen and oxygen atoms in total. The van der Waals surface area contributed by atoms with Crippen LogP contribution in [-0.2, 0) is 0 Å². The molecule has 0 saturated carbocycles. The molecule has 2 aromatic rings. The largest absolute Gasteiger partial charge is 0.330 e. The molecule has 15 heavy (non-hydrogen) atoms. The third-order valence-electron chi connectivity index (χ3n) is 2.42. The fourth-order valence-electron chi connectivity index (χ4n) is 1.59. The van der Waals surface area contributed by atoms with E-state index in [-0.39, 0.29) is 0 Å². The van der Waals surface area contributed by atoms with Gasteiger partial charge in [-0.1, -0.05) is 24.3 Å². The van der Waals surface area contributed by atoms with Crippen molar-refractivity contribution in [2.75, 3.05) is 0 Å². The van der Waals surface area contributed by atoms with Crippen molar-refractivity contribution in [1.29, 1.82) is 0 Å². The van der Waals surface area contributed by atoms with Crippen LogP contribution in [0.5, 0.6) is 0 Å². The fourth-order valence-corrected chi connectivity index (χ4v) is 1.75. The summed E-state index contributed by atoms with van der Waals surface area (Å²) in [5, 5.41) is 0. The number of aryl methyl sites for hydroxylation is 2. The Bertz CT molecular complexity index is 543. The van der Waals surface area contributed by atoms with E-state index in [9.17, 15) is 0 Å². The second-order valence-electron chi connectivity index (χ2n) is 3.56. The number of nitrogens with zero attached hydrogens (tertiary/aromatic N) is 1. The zero-order valence-corrected chi connectivity index (χ0v) is 9.56. The lowest BCUT2D eigenvalue weighted by Crippen LogP contribution is -1.93. The van der Waals surface area contributed by atoms with E-state index in [1.165, 1.54) is 11.1 Å². The van der Waals surface area contributed by atoms with E-state index >= 15 is 0 Å². The average Bonchev–Trinajstić information content (AvgIpc) is 2.23. The summed E-state index contributed by atoms with van der Waals surface area (Å²) in [5.41, 5.74) is 4.59. The van der Waals surface area contributed by atoms with Gasteiger partial charge >= 0.3 is 0 Å². The molecular weight excluding hydrogens is 204 g/mol. The third-order valence-corrected chi connectivity index (χ3v) is 2.62. The van der Waals surface area contributed by atoms with Crippen LogP contribution in [-0.4, -0.2) is 9.97 Å². The number of rotatable bonds is 1. The van der Waals surface area contributed by atoms with Crippen LogP contribution >= 0.6 is 12.2 Å². The molecule has 0 spiro atoms. The van der Waals surface area contributed by atoms with Crippen LogP contribution < -0.4 is 0 Å². The molecule has 1 heterocycles. The van der Waals surface area contributed by atoms with Crippen molar-refractivity contribution in [2.24, 2.45) is 0 Å². The topological polar surface area (TPSA) is 28.7 Å². The van der Waals surface area contributed by atoms with Crippen LogP contribution in [0.4, 0.5) is 0 Å². The average molecular weight is 216 g/mol. The summed E-state index contributed by atoms with van der Waals surface area (Å²) in [6.45, 7) is 4.12. The molecule has 0 aliphatic heterocycles. The standard InChI is InChI=1S/C12H12N2S/c1-8-5-3-4-6-10(8)11-9(2)7-13-12(15)14-11/h3-7H,1-2H3,(H,13,14,15). The number of aromatic nitrogens is 2. The number of hydrogen-bond acceptors (Lipinski definition) is 2. The van der Waals surface area contributed by atoms with Crippen molar-refractivity contribution in [3.8, 4) is 11.3 Å². The van der Waals surface area contributed by atoms with Gasteiger partial charge < -0.3 is 4.98 Å². The van der Waals surface area contributed by atoms with E-state index in [0.29, 0.717) is 4.77 Å². The molecule has 0 radical (unpaired) electrons. The summed E-state index contributed by atoms with van der Waals surface area (Å²) in [6.07, 6.45) is 1.81. The minimum absolute atomic E-state index is 0.527. The van der Waals surface area contributed by atoms with Crippen LogP contribution in [0.2, 0.25) is 0 Å². The van der Waals surface area contributed by atoms with Crippen LogP contribution in [0, 0.1) is 18.6 Å². The van der Waals surface area contributed by atoms with Crippen LogP contribution in [0.1, 0.15) is 11.1 Å². The Morgan fingerprint density at radius 2 is 1.87 bits per heavy atom. The molecule has 0 atom stereocenters. The van der Waals surface area contributed by atoms with Gasteiger partial charge in [-0.25, -0.2) is 4.98 Å². The Kier molecular flexibility index (Phi) is 2.64. The Hall–Kier alpha value is -1.48. The Balaban J connectivity index is 2.69. The van der Waals surface area contributed by atoms with E-state index in [1.54, 1.807) is 6.20 Å². The molecular formula is C12H12N2S. The summed E-state index contributed by atoms with van der Waals surface area (Å²) in [6, 6.07) is 8.23. The quantitative estimate of drug-likeness (QED) is 0.740. The van der Waals surface area contributed by atoms with E-state index in [0.717, 1.165) is 11.3 Å². The zero-order chi connectivity index (χ0) is 10.8. The summed E-state index contributed by atoms with van der Waals surface area (Å²) in [5.74, 6) is 0. The number of aromatic amines is 1. The minimum atomic E-state index is 0.527. The number of nitrogens with one attached hydrogen (secondary N) is 1. The molecule has 0 amide bonds. The molecule has 76 valence electrons. The molecule has 0 fully saturated rings. The zero-order valence-electron chi connectivity index (χ0n) is 8.74. The highest BCUT2D eigenvalue weighted by Crippen LogP contribution is 2.23. The summed E-state index contributed by atoms with van der Waals surface area (Å²) in [7, 11) is 0.